The number of fused-ring (bicyclic) bond motifs is 1. The van der Waals surface area contributed by atoms with Crippen LogP contribution in [0.2, 0.25) is 0 Å². The van der Waals surface area contributed by atoms with Crippen LogP contribution in [0.25, 0.3) is 10.2 Å². The first-order valence-electron chi connectivity index (χ1n) is 9.38. The number of aromatic nitrogens is 3. The summed E-state index contributed by atoms with van der Waals surface area (Å²) in [5.41, 5.74) is 2.00. The van der Waals surface area contributed by atoms with Gasteiger partial charge in [-0.25, -0.2) is 9.78 Å². The summed E-state index contributed by atoms with van der Waals surface area (Å²) >= 11 is 2.82. The van der Waals surface area contributed by atoms with Crippen LogP contribution < -0.4 is 5.32 Å². The number of hydrogen-bond acceptors (Lipinski definition) is 9. The first-order chi connectivity index (χ1) is 15.1. The number of aryl methyl sites for hydroxylation is 2. The van der Waals surface area contributed by atoms with E-state index in [1.165, 1.54) is 18.9 Å². The number of thioether (sulfide) groups is 1. The molecule has 0 saturated heterocycles. The molecule has 2 aromatic heterocycles. The van der Waals surface area contributed by atoms with E-state index in [-0.39, 0.29) is 11.7 Å². The number of methoxy groups -OCH3 is 1. The van der Waals surface area contributed by atoms with E-state index in [9.17, 15) is 9.59 Å². The molecule has 8 nitrogen and oxygen atoms in total. The Bertz CT molecular complexity index is 1170. The van der Waals surface area contributed by atoms with Gasteiger partial charge in [-0.05, 0) is 36.4 Å². The molecule has 0 radical (unpaired) electrons. The molecular formula is C21H18N4O4S2. The summed E-state index contributed by atoms with van der Waals surface area (Å²) < 4.78 is 11.4. The van der Waals surface area contributed by atoms with Gasteiger partial charge in [-0.1, -0.05) is 23.9 Å². The Labute approximate surface area is 186 Å². The van der Waals surface area contributed by atoms with Gasteiger partial charge in [0.15, 0.2) is 0 Å². The van der Waals surface area contributed by atoms with Crippen LogP contribution in [-0.4, -0.2) is 39.9 Å². The predicted molar refractivity (Wildman–Crippen MR) is 118 cm³/mol. The number of para-hydroxylation sites is 1. The fraction of sp³-hybridized carbons (Fsp3) is 0.190. The summed E-state index contributed by atoms with van der Waals surface area (Å²) in [4.78, 5) is 28.2. The summed E-state index contributed by atoms with van der Waals surface area (Å²) in [6.45, 7) is 0. The minimum Gasteiger partial charge on any atom is -0.465 e. The largest absolute Gasteiger partial charge is 0.465 e. The Balaban J connectivity index is 1.25. The lowest BCUT2D eigenvalue weighted by Crippen LogP contribution is -2.14. The first-order valence-corrected chi connectivity index (χ1v) is 11.2. The van der Waals surface area contributed by atoms with Crippen molar-refractivity contribution in [3.05, 3.63) is 65.0 Å². The number of nitrogens with zero attached hydrogens (tertiary/aromatic N) is 3. The van der Waals surface area contributed by atoms with Gasteiger partial charge >= 0.3 is 5.97 Å². The van der Waals surface area contributed by atoms with Crippen LogP contribution in [-0.2, 0) is 22.4 Å². The maximum absolute atomic E-state index is 12.1. The fourth-order valence-electron chi connectivity index (χ4n) is 2.77. The molecule has 4 rings (SSSR count). The van der Waals surface area contributed by atoms with E-state index in [0.717, 1.165) is 15.2 Å². The summed E-state index contributed by atoms with van der Waals surface area (Å²) in [6, 6.07) is 14.5. The number of nitrogens with one attached hydrogen (secondary N) is 1. The molecular weight excluding hydrogens is 436 g/mol. The van der Waals surface area contributed by atoms with Crippen molar-refractivity contribution in [2.24, 2.45) is 0 Å². The summed E-state index contributed by atoms with van der Waals surface area (Å²) in [7, 11) is 1.32. The monoisotopic (exact) mass is 454 g/mol. The Hall–Kier alpha value is -3.24. The number of benzene rings is 2. The van der Waals surface area contributed by atoms with Crippen LogP contribution in [0.4, 0.5) is 5.69 Å². The van der Waals surface area contributed by atoms with Crippen LogP contribution in [0.1, 0.15) is 21.3 Å². The number of amides is 1. The van der Waals surface area contributed by atoms with E-state index >= 15 is 0 Å². The average molecular weight is 455 g/mol. The third-order valence-corrected chi connectivity index (χ3v) is 6.17. The number of anilines is 1. The molecule has 0 spiro atoms. The molecule has 0 aliphatic rings. The summed E-state index contributed by atoms with van der Waals surface area (Å²) in [6.07, 6.45) is 1.31. The lowest BCUT2D eigenvalue weighted by molar-refractivity contribution is -0.113. The van der Waals surface area contributed by atoms with Crippen LogP contribution in [0.5, 0.6) is 0 Å². The number of hydrogen-bond donors (Lipinski definition) is 1. The number of ether oxygens (including phenoxy) is 1. The summed E-state index contributed by atoms with van der Waals surface area (Å²) in [5.74, 6) is -0.00694. The minimum atomic E-state index is -0.427. The van der Waals surface area contributed by atoms with Gasteiger partial charge in [0.05, 0.1) is 33.7 Å². The van der Waals surface area contributed by atoms with Gasteiger partial charge < -0.3 is 14.5 Å². The Morgan fingerprint density at radius 2 is 1.90 bits per heavy atom. The van der Waals surface area contributed by atoms with Crippen molar-refractivity contribution >= 4 is 50.9 Å². The van der Waals surface area contributed by atoms with Crippen molar-refractivity contribution in [1.29, 1.82) is 0 Å². The van der Waals surface area contributed by atoms with Crippen LogP contribution in [0, 0.1) is 0 Å². The van der Waals surface area contributed by atoms with Gasteiger partial charge in [-0.15, -0.1) is 21.5 Å². The SMILES string of the molecule is COC(=O)c1ccc(NC(=O)CSc2nnc(CCc3nc4ccccc4s3)o2)cc1. The zero-order chi connectivity index (χ0) is 21.6. The van der Waals surface area contributed by atoms with E-state index in [1.807, 2.05) is 18.2 Å². The van der Waals surface area contributed by atoms with Crippen LogP contribution in [0.15, 0.2) is 58.2 Å². The highest BCUT2D eigenvalue weighted by molar-refractivity contribution is 7.99. The summed E-state index contributed by atoms with van der Waals surface area (Å²) in [5, 5.41) is 12.2. The maximum Gasteiger partial charge on any atom is 0.337 e. The molecule has 4 aromatic rings. The van der Waals surface area contributed by atoms with Gasteiger partial charge in [0.25, 0.3) is 5.22 Å². The average Bonchev–Trinajstić information content (AvgIpc) is 3.42. The van der Waals surface area contributed by atoms with Crippen molar-refractivity contribution < 1.29 is 18.7 Å². The van der Waals surface area contributed by atoms with Gasteiger partial charge in [0.1, 0.15) is 0 Å². The molecule has 0 saturated carbocycles. The standard InChI is InChI=1S/C21H18N4O4S2/c1-28-20(27)13-6-8-14(9-7-13)22-17(26)12-30-21-25-24-18(29-21)10-11-19-23-15-4-2-3-5-16(15)31-19/h2-9H,10-12H2,1H3,(H,22,26). The second-order valence-corrected chi connectivity index (χ2v) is 8.48. The fourth-order valence-corrected chi connectivity index (χ4v) is 4.32. The van der Waals surface area contributed by atoms with Crippen molar-refractivity contribution in [1.82, 2.24) is 15.2 Å². The number of carbonyl (C=O) groups excluding carboxylic acids is 2. The van der Waals surface area contributed by atoms with E-state index in [1.54, 1.807) is 35.6 Å². The number of thiazole rings is 1. The molecule has 31 heavy (non-hydrogen) atoms. The van der Waals surface area contributed by atoms with Crippen LogP contribution in [0.3, 0.4) is 0 Å². The second-order valence-electron chi connectivity index (χ2n) is 6.44. The lowest BCUT2D eigenvalue weighted by atomic mass is 10.2. The smallest absolute Gasteiger partial charge is 0.337 e. The Kier molecular flexibility index (Phi) is 6.58. The molecule has 0 aliphatic heterocycles. The molecule has 10 heteroatoms. The predicted octanol–water partition coefficient (Wildman–Crippen LogP) is 3.98. The van der Waals surface area contributed by atoms with Gasteiger partial charge in [0.2, 0.25) is 11.8 Å². The molecule has 0 bridgehead atoms. The van der Waals surface area contributed by atoms with Crippen molar-refractivity contribution in [2.45, 2.75) is 18.1 Å². The molecule has 1 amide bonds. The zero-order valence-electron chi connectivity index (χ0n) is 16.5. The highest BCUT2D eigenvalue weighted by Crippen LogP contribution is 2.23. The Morgan fingerprint density at radius 1 is 1.10 bits per heavy atom. The van der Waals surface area contributed by atoms with Gasteiger partial charge in [0, 0.05) is 18.5 Å². The molecule has 0 unspecified atom stereocenters. The highest BCUT2D eigenvalue weighted by atomic mass is 32.2. The second kappa shape index (κ2) is 9.71. The molecule has 2 heterocycles. The molecule has 0 atom stereocenters. The maximum atomic E-state index is 12.1. The van der Waals surface area contributed by atoms with Crippen molar-refractivity contribution in [2.75, 3.05) is 18.2 Å². The third kappa shape index (κ3) is 5.47. The molecule has 0 fully saturated rings. The highest BCUT2D eigenvalue weighted by Gasteiger charge is 2.12. The van der Waals surface area contributed by atoms with Crippen LogP contribution >= 0.6 is 23.1 Å². The molecule has 1 N–H and O–H groups in total. The van der Waals surface area contributed by atoms with Crippen molar-refractivity contribution in [3.63, 3.8) is 0 Å². The van der Waals surface area contributed by atoms with E-state index in [2.05, 4.69) is 31.3 Å². The molecule has 2 aromatic carbocycles. The number of esters is 1. The van der Waals surface area contributed by atoms with Gasteiger partial charge in [-0.3, -0.25) is 4.79 Å². The van der Waals surface area contributed by atoms with E-state index in [4.69, 9.17) is 4.42 Å². The topological polar surface area (TPSA) is 107 Å². The Morgan fingerprint density at radius 3 is 2.68 bits per heavy atom. The van der Waals surface area contributed by atoms with E-state index < -0.39 is 5.97 Å². The number of rotatable bonds is 8. The normalized spacial score (nSPS) is 10.9. The van der Waals surface area contributed by atoms with Gasteiger partial charge in [-0.2, -0.15) is 0 Å². The third-order valence-electron chi connectivity index (χ3n) is 4.26. The quantitative estimate of drug-likeness (QED) is 0.315. The molecule has 0 aliphatic carbocycles. The van der Waals surface area contributed by atoms with E-state index in [0.29, 0.717) is 35.2 Å². The lowest BCUT2D eigenvalue weighted by Gasteiger charge is -2.05. The minimum absolute atomic E-state index is 0.123. The first kappa shape index (κ1) is 21.0. The number of carbonyl (C=O) groups is 2. The van der Waals surface area contributed by atoms with Crippen molar-refractivity contribution in [3.8, 4) is 0 Å². The zero-order valence-corrected chi connectivity index (χ0v) is 18.2. The molecule has 158 valence electrons.